The van der Waals surface area contributed by atoms with Gasteiger partial charge in [0.15, 0.2) is 5.16 Å². The van der Waals surface area contributed by atoms with Gasteiger partial charge in [0.2, 0.25) is 11.9 Å². The maximum Gasteiger partial charge on any atom is 0.253 e. The van der Waals surface area contributed by atoms with Gasteiger partial charge in [-0.1, -0.05) is 11.8 Å². The number of nitrogens with zero attached hydrogens (tertiary/aromatic N) is 5. The Labute approximate surface area is 176 Å². The first kappa shape index (κ1) is 19.7. The van der Waals surface area contributed by atoms with Crippen LogP contribution < -0.4 is 16.2 Å². The van der Waals surface area contributed by atoms with Crippen molar-refractivity contribution in [2.45, 2.75) is 17.6 Å². The van der Waals surface area contributed by atoms with Gasteiger partial charge in [-0.25, -0.2) is 5.01 Å². The summed E-state index contributed by atoms with van der Waals surface area (Å²) in [6.07, 6.45) is 2.11. The second kappa shape index (κ2) is 8.41. The van der Waals surface area contributed by atoms with Crippen LogP contribution in [0.3, 0.4) is 0 Å². The van der Waals surface area contributed by atoms with Crippen molar-refractivity contribution in [3.05, 3.63) is 54.0 Å². The first-order chi connectivity index (χ1) is 14.5. The minimum atomic E-state index is -0.335. The average Bonchev–Trinajstić information content (AvgIpc) is 3.41. The van der Waals surface area contributed by atoms with E-state index in [4.69, 9.17) is 20.6 Å². The lowest BCUT2D eigenvalue weighted by Crippen LogP contribution is -2.28. The molecule has 0 aliphatic carbocycles. The van der Waals surface area contributed by atoms with E-state index >= 15 is 0 Å². The Bertz CT molecular complexity index is 1050. The van der Waals surface area contributed by atoms with Gasteiger partial charge in [-0.3, -0.25) is 4.79 Å². The predicted octanol–water partition coefficient (Wildman–Crippen LogP) is 2.11. The number of carbonyl (C=O) groups excluding carboxylic acids is 1. The molecular formula is C19H19N7O3S. The van der Waals surface area contributed by atoms with Crippen LogP contribution in [0.15, 0.2) is 57.3 Å². The molecule has 3 heterocycles. The van der Waals surface area contributed by atoms with Gasteiger partial charge in [-0.15, -0.1) is 0 Å². The first-order valence-electron chi connectivity index (χ1n) is 9.00. The maximum atomic E-state index is 13.0. The fourth-order valence-corrected chi connectivity index (χ4v) is 3.75. The zero-order chi connectivity index (χ0) is 21.1. The number of furan rings is 1. The third-order valence-corrected chi connectivity index (χ3v) is 5.27. The van der Waals surface area contributed by atoms with Crippen LogP contribution in [0.5, 0.6) is 5.75 Å². The number of thioether (sulfide) groups is 1. The molecular weight excluding hydrogens is 406 g/mol. The van der Waals surface area contributed by atoms with E-state index in [-0.39, 0.29) is 34.8 Å². The van der Waals surface area contributed by atoms with Crippen LogP contribution in [0.4, 0.5) is 11.9 Å². The topological polar surface area (TPSA) is 146 Å². The molecule has 1 aromatic carbocycles. The van der Waals surface area contributed by atoms with Crippen molar-refractivity contribution in [1.29, 1.82) is 0 Å². The summed E-state index contributed by atoms with van der Waals surface area (Å²) >= 11 is 1.12. The summed E-state index contributed by atoms with van der Waals surface area (Å²) in [5.74, 6) is 1.26. The summed E-state index contributed by atoms with van der Waals surface area (Å²) in [4.78, 5) is 24.7. The van der Waals surface area contributed by atoms with Crippen molar-refractivity contribution in [2.24, 2.45) is 5.10 Å². The molecule has 1 aliphatic heterocycles. The molecule has 0 saturated heterocycles. The van der Waals surface area contributed by atoms with Gasteiger partial charge in [0.25, 0.3) is 5.91 Å². The zero-order valence-corrected chi connectivity index (χ0v) is 16.9. The van der Waals surface area contributed by atoms with Gasteiger partial charge in [0, 0.05) is 6.42 Å². The number of hydrogen-bond acceptors (Lipinski definition) is 10. The molecule has 4 rings (SSSR count). The summed E-state index contributed by atoms with van der Waals surface area (Å²) in [6, 6.07) is 10.8. The summed E-state index contributed by atoms with van der Waals surface area (Å²) in [5.41, 5.74) is 12.9. The van der Waals surface area contributed by atoms with Gasteiger partial charge in [-0.05, 0) is 42.0 Å². The number of nitrogen functional groups attached to an aromatic ring is 2. The molecule has 0 fully saturated rings. The molecule has 2 aromatic heterocycles. The van der Waals surface area contributed by atoms with E-state index in [0.29, 0.717) is 12.2 Å². The smallest absolute Gasteiger partial charge is 0.253 e. The van der Waals surface area contributed by atoms with Crippen molar-refractivity contribution in [1.82, 2.24) is 20.0 Å². The van der Waals surface area contributed by atoms with Gasteiger partial charge in [0.05, 0.1) is 24.8 Å². The minimum absolute atomic E-state index is 0.00639. The van der Waals surface area contributed by atoms with E-state index in [1.165, 1.54) is 5.01 Å². The summed E-state index contributed by atoms with van der Waals surface area (Å²) < 4.78 is 10.8. The fourth-order valence-electron chi connectivity index (χ4n) is 3.05. The molecule has 1 amide bonds. The van der Waals surface area contributed by atoms with Crippen LogP contribution in [0.2, 0.25) is 0 Å². The number of carbonyl (C=O) groups is 1. The Morgan fingerprint density at radius 2 is 1.93 bits per heavy atom. The number of hydrogen-bond donors (Lipinski definition) is 2. The van der Waals surface area contributed by atoms with Crippen molar-refractivity contribution in [3.63, 3.8) is 0 Å². The molecule has 1 unspecified atom stereocenters. The van der Waals surface area contributed by atoms with E-state index in [2.05, 4.69) is 20.1 Å². The summed E-state index contributed by atoms with van der Waals surface area (Å²) in [6.45, 7) is 0. The zero-order valence-electron chi connectivity index (χ0n) is 16.1. The molecule has 154 valence electrons. The Kier molecular flexibility index (Phi) is 5.53. The van der Waals surface area contributed by atoms with Crippen LogP contribution in [0, 0.1) is 0 Å². The van der Waals surface area contributed by atoms with Gasteiger partial charge >= 0.3 is 0 Å². The Balaban J connectivity index is 1.55. The molecule has 1 aliphatic rings. The molecule has 1 atom stereocenters. The minimum Gasteiger partial charge on any atom is -0.497 e. The highest BCUT2D eigenvalue weighted by atomic mass is 32.2. The normalized spacial score (nSPS) is 15.8. The van der Waals surface area contributed by atoms with Crippen molar-refractivity contribution in [2.75, 3.05) is 24.3 Å². The number of rotatable bonds is 6. The number of benzene rings is 1. The Morgan fingerprint density at radius 3 is 2.57 bits per heavy atom. The highest BCUT2D eigenvalue weighted by Crippen LogP contribution is 2.34. The van der Waals surface area contributed by atoms with Crippen LogP contribution in [-0.2, 0) is 4.79 Å². The third-order valence-electron chi connectivity index (χ3n) is 4.43. The predicted molar refractivity (Wildman–Crippen MR) is 112 cm³/mol. The van der Waals surface area contributed by atoms with Crippen molar-refractivity contribution < 1.29 is 13.9 Å². The number of methoxy groups -OCH3 is 1. The van der Waals surface area contributed by atoms with Crippen LogP contribution in [-0.4, -0.2) is 44.4 Å². The Morgan fingerprint density at radius 1 is 1.20 bits per heavy atom. The van der Waals surface area contributed by atoms with Gasteiger partial charge < -0.3 is 20.6 Å². The molecule has 0 radical (unpaired) electrons. The lowest BCUT2D eigenvalue weighted by Gasteiger charge is -2.19. The third kappa shape index (κ3) is 4.20. The van der Waals surface area contributed by atoms with Gasteiger partial charge in [0.1, 0.15) is 17.6 Å². The highest BCUT2D eigenvalue weighted by molar-refractivity contribution is 7.99. The maximum absolute atomic E-state index is 13.0. The van der Waals surface area contributed by atoms with E-state index in [1.807, 2.05) is 30.3 Å². The van der Waals surface area contributed by atoms with Crippen LogP contribution in [0.25, 0.3) is 0 Å². The lowest BCUT2D eigenvalue weighted by atomic mass is 10.0. The van der Waals surface area contributed by atoms with Crippen LogP contribution in [0.1, 0.15) is 23.8 Å². The lowest BCUT2D eigenvalue weighted by molar-refractivity contribution is -0.130. The number of ether oxygens (including phenoxy) is 1. The van der Waals surface area contributed by atoms with E-state index in [1.54, 1.807) is 19.4 Å². The number of amides is 1. The molecule has 4 N–H and O–H groups in total. The molecule has 0 spiro atoms. The number of nitrogens with two attached hydrogens (primary N) is 2. The quantitative estimate of drug-likeness (QED) is 0.567. The molecule has 0 bridgehead atoms. The van der Waals surface area contributed by atoms with Crippen molar-refractivity contribution >= 4 is 35.3 Å². The monoisotopic (exact) mass is 425 g/mol. The molecule has 30 heavy (non-hydrogen) atoms. The molecule has 0 saturated carbocycles. The highest BCUT2D eigenvalue weighted by Gasteiger charge is 2.34. The molecule has 10 nitrogen and oxygen atoms in total. The van der Waals surface area contributed by atoms with Crippen LogP contribution >= 0.6 is 11.8 Å². The summed E-state index contributed by atoms with van der Waals surface area (Å²) in [5, 5.41) is 6.31. The van der Waals surface area contributed by atoms with Gasteiger partial charge in [-0.2, -0.15) is 20.1 Å². The van der Waals surface area contributed by atoms with Crippen molar-refractivity contribution in [3.8, 4) is 5.75 Å². The number of aromatic nitrogens is 3. The largest absolute Gasteiger partial charge is 0.497 e. The SMILES string of the molecule is COc1ccc(C2=NN(C(=O)CSc3nc(N)nc(N)n3)C(c3ccco3)C2)cc1. The summed E-state index contributed by atoms with van der Waals surface area (Å²) in [7, 11) is 1.61. The molecule has 3 aromatic rings. The number of hydrazone groups is 1. The first-order valence-corrected chi connectivity index (χ1v) is 9.99. The standard InChI is InChI=1S/C19H19N7O3S/c1-28-12-6-4-11(5-7-12)13-9-14(15-3-2-8-29-15)26(25-13)16(27)10-30-19-23-17(20)22-18(21)24-19/h2-8,14H,9-10H2,1H3,(H4,20,21,22,23,24). The Hall–Kier alpha value is -3.60. The average molecular weight is 425 g/mol. The van der Waals surface area contributed by atoms with E-state index in [0.717, 1.165) is 28.8 Å². The molecule has 11 heteroatoms. The number of anilines is 2. The van der Waals surface area contributed by atoms with E-state index in [9.17, 15) is 4.79 Å². The van der Waals surface area contributed by atoms with E-state index < -0.39 is 0 Å². The fraction of sp³-hybridized carbons (Fsp3) is 0.211. The second-order valence-electron chi connectivity index (χ2n) is 6.37. The second-order valence-corrected chi connectivity index (χ2v) is 7.31.